The van der Waals surface area contributed by atoms with Crippen LogP contribution in [-0.4, -0.2) is 27.0 Å². The van der Waals surface area contributed by atoms with E-state index in [9.17, 15) is 0 Å². The van der Waals surface area contributed by atoms with Crippen LogP contribution < -0.4 is 17.2 Å². The quantitative estimate of drug-likeness (QED) is 0.492. The third-order valence-corrected chi connectivity index (χ3v) is 0.401. The number of nitrogens with two attached hydrogens (primary N) is 3. The maximum absolute atomic E-state index is 5.12. The average Bonchev–Trinajstić information content (AvgIpc) is 2.14. The molecule has 0 saturated carbocycles. The highest BCUT2D eigenvalue weighted by Gasteiger charge is 1.59. The van der Waals surface area contributed by atoms with Crippen molar-refractivity contribution in [2.45, 2.75) is 6.42 Å². The molecule has 0 atom stereocenters. The van der Waals surface area contributed by atoms with E-state index in [1.807, 2.05) is 0 Å². The second kappa shape index (κ2) is 130. The summed E-state index contributed by atoms with van der Waals surface area (Å²) in [4.78, 5) is 0. The summed E-state index contributed by atoms with van der Waals surface area (Å²) in [5.74, 6) is 0.681. The molecule has 0 unspecified atom stereocenters. The van der Waals surface area contributed by atoms with Gasteiger partial charge in [0.2, 0.25) is 0 Å². The van der Waals surface area contributed by atoms with Gasteiger partial charge in [0.15, 0.2) is 0 Å². The summed E-state index contributed by atoms with van der Waals surface area (Å²) >= 11 is 5.12. The van der Waals surface area contributed by atoms with E-state index in [4.69, 9.17) is 11.6 Å². The third kappa shape index (κ3) is 307. The van der Waals surface area contributed by atoms with Crippen LogP contribution in [-0.2, 0) is 0 Å². The van der Waals surface area contributed by atoms with E-state index >= 15 is 0 Å². The Kier molecular flexibility index (Phi) is 292. The minimum Gasteiger partial charge on any atom is -0.333 e. The van der Waals surface area contributed by atoms with Crippen LogP contribution >= 0.6 is 11.6 Å². The smallest absolute Gasteiger partial charge is 0.0223 e. The van der Waals surface area contributed by atoms with Crippen LogP contribution in [0.3, 0.4) is 0 Å². The van der Waals surface area contributed by atoms with Gasteiger partial charge in [-0.05, 0) is 27.6 Å². The Morgan fingerprint density at radius 2 is 1.10 bits per heavy atom. The van der Waals surface area contributed by atoms with Gasteiger partial charge in [-0.2, -0.15) is 0 Å². The maximum atomic E-state index is 5.12. The summed E-state index contributed by atoms with van der Waals surface area (Å²) in [6.07, 6.45) is 0.835. The number of rotatable bonds is 1. The van der Waals surface area contributed by atoms with E-state index in [2.05, 4.69) is 24.1 Å². The Balaban J connectivity index is -0.0000000262. The summed E-state index contributed by atoms with van der Waals surface area (Å²) in [6.45, 7) is 3.47. The van der Waals surface area contributed by atoms with Crippen LogP contribution in [0.1, 0.15) is 6.42 Å². The summed E-state index contributed by atoms with van der Waals surface area (Å²) < 4.78 is 0. The highest BCUT2D eigenvalue weighted by molar-refractivity contribution is 6.17. The molecule has 0 heterocycles. The van der Waals surface area contributed by atoms with Crippen molar-refractivity contribution in [3.8, 4) is 0 Å². The molecule has 0 fully saturated rings. The fourth-order valence-corrected chi connectivity index (χ4v) is 0. The molecule has 0 amide bonds. The molecule has 3 nitrogen and oxygen atoms in total. The van der Waals surface area contributed by atoms with E-state index in [0.29, 0.717) is 5.88 Å². The molecule has 4 heteroatoms. The van der Waals surface area contributed by atoms with Gasteiger partial charge >= 0.3 is 0 Å². The molecule has 0 aromatic heterocycles. The second-order valence-corrected chi connectivity index (χ2v) is 0.921. The fourth-order valence-electron chi connectivity index (χ4n) is 0. The number of hydrogen-bond donors (Lipinski definition) is 3. The zero-order valence-corrected chi connectivity index (χ0v) is 7.99. The number of alkyl halides is 1. The number of halogens is 1. The summed E-state index contributed by atoms with van der Waals surface area (Å²) in [6, 6.07) is 0. The Bertz CT molecular complexity index is 15.0. The molecule has 0 aliphatic rings. The third-order valence-electron chi connectivity index (χ3n) is 0.134. The molecule has 1 radical (unpaired) electrons. The topological polar surface area (TPSA) is 78.1 Å². The Morgan fingerprint density at radius 1 is 1.00 bits per heavy atom. The van der Waals surface area contributed by atoms with Crippen LogP contribution in [0.15, 0.2) is 0 Å². The fraction of sp³-hybridized carbons (Fsp3) is 0.833. The van der Waals surface area contributed by atoms with E-state index < -0.39 is 0 Å². The second-order valence-electron chi connectivity index (χ2n) is 0.543. The van der Waals surface area contributed by atoms with Gasteiger partial charge < -0.3 is 17.2 Å². The van der Waals surface area contributed by atoms with Gasteiger partial charge in [-0.1, -0.05) is 6.92 Å². The highest BCUT2D eigenvalue weighted by Crippen LogP contribution is 1.75. The van der Waals surface area contributed by atoms with Crippen molar-refractivity contribution in [2.75, 3.05) is 27.0 Å². The van der Waals surface area contributed by atoms with Gasteiger partial charge in [0.25, 0.3) is 0 Å². The minimum atomic E-state index is 0.681. The van der Waals surface area contributed by atoms with Crippen molar-refractivity contribution >= 4 is 11.6 Å². The standard InChI is InChI=1S/C3H6Cl.3CH5N/c1-2-3-4;3*1-2/h1-3H2;3*2H2,1H3. The van der Waals surface area contributed by atoms with Gasteiger partial charge in [-0.25, -0.2) is 0 Å². The van der Waals surface area contributed by atoms with Gasteiger partial charge in [0.05, 0.1) is 0 Å². The zero-order chi connectivity index (χ0) is 9.41. The molecule has 0 aromatic rings. The highest BCUT2D eigenvalue weighted by atomic mass is 35.5. The lowest BCUT2D eigenvalue weighted by molar-refractivity contribution is 1.24. The molecule has 67 valence electrons. The molecule has 6 N–H and O–H groups in total. The van der Waals surface area contributed by atoms with Gasteiger partial charge in [-0.3, -0.25) is 0 Å². The minimum absolute atomic E-state index is 0.681. The molecule has 0 saturated heterocycles. The first-order chi connectivity index (χ1) is 4.91. The first-order valence-electron chi connectivity index (χ1n) is 3.00. The molecular formula is C6H21ClN3. The Morgan fingerprint density at radius 3 is 1.10 bits per heavy atom. The molecule has 0 rings (SSSR count). The largest absolute Gasteiger partial charge is 0.333 e. The molecule has 0 bridgehead atoms. The molecule has 0 aromatic carbocycles. The summed E-state index contributed by atoms with van der Waals surface area (Å²) in [7, 11) is 4.50. The predicted molar refractivity (Wildman–Crippen MR) is 51.0 cm³/mol. The van der Waals surface area contributed by atoms with E-state index in [0.717, 1.165) is 6.42 Å². The Labute approximate surface area is 69.9 Å². The monoisotopic (exact) mass is 170 g/mol. The first kappa shape index (κ1) is 22.5. The van der Waals surface area contributed by atoms with Gasteiger partial charge in [0, 0.05) is 5.88 Å². The van der Waals surface area contributed by atoms with Gasteiger partial charge in [-0.15, -0.1) is 11.6 Å². The summed E-state index contributed by atoms with van der Waals surface area (Å²) in [5.41, 5.74) is 13.5. The number of hydrogen-bond acceptors (Lipinski definition) is 3. The molecule has 10 heavy (non-hydrogen) atoms. The lowest BCUT2D eigenvalue weighted by Gasteiger charge is -1.65. The van der Waals surface area contributed by atoms with E-state index in [1.165, 1.54) is 21.1 Å². The van der Waals surface area contributed by atoms with Crippen molar-refractivity contribution < 1.29 is 0 Å². The average molecular weight is 171 g/mol. The van der Waals surface area contributed by atoms with E-state index in [-0.39, 0.29) is 0 Å². The van der Waals surface area contributed by atoms with Gasteiger partial charge in [0.1, 0.15) is 0 Å². The van der Waals surface area contributed by atoms with Crippen molar-refractivity contribution in [1.82, 2.24) is 0 Å². The molecule has 0 aliphatic heterocycles. The van der Waals surface area contributed by atoms with Crippen LogP contribution in [0.25, 0.3) is 0 Å². The maximum Gasteiger partial charge on any atom is 0.0223 e. The van der Waals surface area contributed by atoms with Crippen LogP contribution in [0.4, 0.5) is 0 Å². The van der Waals surface area contributed by atoms with Crippen molar-refractivity contribution in [3.63, 3.8) is 0 Å². The van der Waals surface area contributed by atoms with Crippen molar-refractivity contribution in [1.29, 1.82) is 0 Å². The van der Waals surface area contributed by atoms with Crippen molar-refractivity contribution in [3.05, 3.63) is 6.92 Å². The lowest BCUT2D eigenvalue weighted by Crippen LogP contribution is -1.69. The van der Waals surface area contributed by atoms with Crippen molar-refractivity contribution in [2.24, 2.45) is 17.2 Å². The van der Waals surface area contributed by atoms with Crippen LogP contribution in [0.2, 0.25) is 0 Å². The molecular weight excluding hydrogens is 150 g/mol. The predicted octanol–water partition coefficient (Wildman–Crippen LogP) is 0.174. The normalized spacial score (nSPS) is 4.80. The first-order valence-corrected chi connectivity index (χ1v) is 3.53. The molecule has 0 spiro atoms. The van der Waals surface area contributed by atoms with Crippen LogP contribution in [0.5, 0.6) is 0 Å². The summed E-state index contributed by atoms with van der Waals surface area (Å²) in [5, 5.41) is 0. The Hall–Kier alpha value is 0.170. The SMILES string of the molecule is CN.CN.CN.[CH2]CCCl. The van der Waals surface area contributed by atoms with E-state index in [1.54, 1.807) is 0 Å². The van der Waals surface area contributed by atoms with Crippen LogP contribution in [0, 0.1) is 6.92 Å². The molecule has 0 aliphatic carbocycles. The zero-order valence-electron chi connectivity index (χ0n) is 7.23. The lowest BCUT2D eigenvalue weighted by atomic mass is 10.6.